The third-order valence-corrected chi connectivity index (χ3v) is 0.790. The topological polar surface area (TPSA) is 86.6 Å². The van der Waals surface area contributed by atoms with Crippen molar-refractivity contribution in [1.29, 1.82) is 0 Å². The van der Waals surface area contributed by atoms with E-state index in [2.05, 4.69) is 10.9 Å². The molecule has 0 aliphatic carbocycles. The largest absolute Gasteiger partial charge is 0.543 e. The van der Waals surface area contributed by atoms with Gasteiger partial charge in [-0.25, -0.2) is 0 Å². The third-order valence-electron chi connectivity index (χ3n) is 0.420. The van der Waals surface area contributed by atoms with E-state index in [1.54, 1.807) is 0 Å². The lowest BCUT2D eigenvalue weighted by molar-refractivity contribution is -0.299. The summed E-state index contributed by atoms with van der Waals surface area (Å²) < 4.78 is 21.7. The summed E-state index contributed by atoms with van der Waals surface area (Å²) in [6.07, 6.45) is 0. The van der Waals surface area contributed by atoms with Gasteiger partial charge in [-0.2, -0.15) is 8.42 Å². The van der Waals surface area contributed by atoms with Gasteiger partial charge in [0.05, 0.1) is 11.7 Å². The second-order valence-electron chi connectivity index (χ2n) is 1.04. The Kier molecular flexibility index (Phi) is 2.59. The lowest BCUT2D eigenvalue weighted by atomic mass is 10.5. The Bertz CT molecular complexity index is 254. The van der Waals surface area contributed by atoms with Gasteiger partial charge in [0.1, 0.15) is 0 Å². The van der Waals surface area contributed by atoms with Crippen LogP contribution in [0.5, 0.6) is 0 Å². The van der Waals surface area contributed by atoms with E-state index in [-0.39, 0.29) is 0 Å². The Morgan fingerprint density at radius 3 is 2.11 bits per heavy atom. The number of carboxylic acid groups (broad SMARTS) is 1. The highest BCUT2D eigenvalue weighted by Gasteiger charge is 1.87. The first-order valence-corrected chi connectivity index (χ1v) is 2.78. The molecule has 6 heteroatoms. The van der Waals surface area contributed by atoms with Crippen LogP contribution in [0.1, 0.15) is 0 Å². The quantitative estimate of drug-likeness (QED) is 0.437. The van der Waals surface area contributed by atoms with Crippen LogP contribution in [0.25, 0.3) is 0 Å². The predicted octanol–water partition coefficient (Wildman–Crippen LogP) is -1.69. The van der Waals surface area contributed by atoms with E-state index in [0.717, 1.165) is 0 Å². The van der Waals surface area contributed by atoms with Crippen LogP contribution in [0.4, 0.5) is 0 Å². The molecule has 0 fully saturated rings. The maximum Gasteiger partial charge on any atom is 0.316 e. The zero-order valence-electron chi connectivity index (χ0n) is 4.20. The zero-order valence-corrected chi connectivity index (χ0v) is 5.01. The molecular weight excluding hydrogens is 146 g/mol. The number of carbonyl (C=O) groups is 1. The second-order valence-corrected chi connectivity index (χ2v) is 1.66. The molecule has 0 rings (SSSR count). The molecular formula is C3H2NO4S-. The van der Waals surface area contributed by atoms with Crippen molar-refractivity contribution < 1.29 is 18.3 Å². The van der Waals surface area contributed by atoms with Gasteiger partial charge in [-0.15, -0.1) is 4.36 Å². The van der Waals surface area contributed by atoms with E-state index < -0.39 is 22.2 Å². The van der Waals surface area contributed by atoms with E-state index >= 15 is 0 Å². The molecule has 0 atom stereocenters. The molecule has 0 spiro atoms. The number of hydrogen-bond acceptors (Lipinski definition) is 5. The Balaban J connectivity index is 4.47. The third kappa shape index (κ3) is 3.42. The number of carboxylic acids is 1. The van der Waals surface area contributed by atoms with E-state index in [1.165, 1.54) is 0 Å². The second kappa shape index (κ2) is 2.98. The monoisotopic (exact) mass is 148 g/mol. The number of hydrogen-bond donors (Lipinski definition) is 0. The standard InChI is InChI=1S/C3H3NO4S/c1-2(3(5)6)4-9(7)8/h1H2,(H,5,6)/p-1. The maximum atomic E-state index is 9.66. The molecule has 0 aromatic rings. The molecule has 0 saturated carbocycles. The molecule has 50 valence electrons. The van der Waals surface area contributed by atoms with Crippen molar-refractivity contribution in [3.63, 3.8) is 0 Å². The van der Waals surface area contributed by atoms with Gasteiger partial charge in [-0.3, -0.25) is 0 Å². The molecule has 0 aromatic carbocycles. The van der Waals surface area contributed by atoms with Gasteiger partial charge in [0.25, 0.3) is 0 Å². The smallest absolute Gasteiger partial charge is 0.316 e. The van der Waals surface area contributed by atoms with Gasteiger partial charge < -0.3 is 9.90 Å². The molecule has 0 aromatic heterocycles. The molecule has 9 heavy (non-hydrogen) atoms. The van der Waals surface area contributed by atoms with Crippen molar-refractivity contribution in [2.24, 2.45) is 4.36 Å². The Hall–Kier alpha value is -1.17. The van der Waals surface area contributed by atoms with Gasteiger partial charge >= 0.3 is 10.5 Å². The highest BCUT2D eigenvalue weighted by molar-refractivity contribution is 7.61. The average Bonchev–Trinajstić information content (AvgIpc) is 1.63. The number of aliphatic carboxylic acids is 1. The molecule has 0 radical (unpaired) electrons. The predicted molar refractivity (Wildman–Crippen MR) is 25.5 cm³/mol. The molecule has 5 nitrogen and oxygen atoms in total. The van der Waals surface area contributed by atoms with Crippen LogP contribution < -0.4 is 5.11 Å². The first-order valence-electron chi connectivity index (χ1n) is 1.75. The fraction of sp³-hybridized carbons (Fsp3) is 0. The van der Waals surface area contributed by atoms with E-state index in [0.29, 0.717) is 0 Å². The Morgan fingerprint density at radius 1 is 1.56 bits per heavy atom. The molecule has 0 aliphatic rings. The summed E-state index contributed by atoms with van der Waals surface area (Å²) in [7, 11) is -2.76. The van der Waals surface area contributed by atoms with Crippen LogP contribution in [0.3, 0.4) is 0 Å². The first kappa shape index (κ1) is 7.83. The average molecular weight is 148 g/mol. The van der Waals surface area contributed by atoms with Crippen LogP contribution in [-0.4, -0.2) is 14.4 Å². The molecule has 0 heterocycles. The van der Waals surface area contributed by atoms with Crippen LogP contribution in [0.15, 0.2) is 16.6 Å². The summed E-state index contributed by atoms with van der Waals surface area (Å²) in [5.74, 6) is -1.70. The van der Waals surface area contributed by atoms with Crippen LogP contribution in [0.2, 0.25) is 0 Å². The Morgan fingerprint density at radius 2 is 2.00 bits per heavy atom. The minimum Gasteiger partial charge on any atom is -0.543 e. The highest BCUT2D eigenvalue weighted by atomic mass is 32.2. The SMILES string of the molecule is C=C(N=S(=O)=O)C(=O)[O-]. The van der Waals surface area contributed by atoms with E-state index in [4.69, 9.17) is 0 Å². The van der Waals surface area contributed by atoms with E-state index in [1.807, 2.05) is 0 Å². The van der Waals surface area contributed by atoms with Crippen molar-refractivity contribution in [3.8, 4) is 0 Å². The summed E-state index contributed by atoms with van der Waals surface area (Å²) >= 11 is 0. The highest BCUT2D eigenvalue weighted by Crippen LogP contribution is 1.85. The van der Waals surface area contributed by atoms with Crippen LogP contribution in [-0.2, 0) is 15.3 Å². The fourth-order valence-electron chi connectivity index (χ4n) is 0.127. The van der Waals surface area contributed by atoms with Crippen molar-refractivity contribution in [1.82, 2.24) is 0 Å². The number of nitrogens with zero attached hydrogens (tertiary/aromatic N) is 1. The van der Waals surface area contributed by atoms with Crippen molar-refractivity contribution in [2.75, 3.05) is 0 Å². The first-order chi connectivity index (χ1) is 4.04. The summed E-state index contributed by atoms with van der Waals surface area (Å²) in [6.45, 7) is 2.77. The summed E-state index contributed by atoms with van der Waals surface area (Å²) in [4.78, 5) is 9.66. The van der Waals surface area contributed by atoms with Crippen LogP contribution >= 0.6 is 0 Å². The number of carbonyl (C=O) groups excluding carboxylic acids is 1. The molecule has 0 N–H and O–H groups in total. The molecule has 0 bridgehead atoms. The zero-order chi connectivity index (χ0) is 7.44. The van der Waals surface area contributed by atoms with Gasteiger partial charge in [-0.1, -0.05) is 6.58 Å². The van der Waals surface area contributed by atoms with Crippen LogP contribution in [0, 0.1) is 0 Å². The van der Waals surface area contributed by atoms with E-state index in [9.17, 15) is 18.3 Å². The molecule has 0 unspecified atom stereocenters. The minimum absolute atomic E-state index is 0.802. The summed E-state index contributed by atoms with van der Waals surface area (Å²) in [5.41, 5.74) is -0.802. The minimum atomic E-state index is -2.76. The molecule has 0 amide bonds. The fourth-order valence-corrected chi connectivity index (χ4v) is 0.382. The van der Waals surface area contributed by atoms with Crippen molar-refractivity contribution >= 4 is 16.5 Å². The lowest BCUT2D eigenvalue weighted by Crippen LogP contribution is -2.22. The van der Waals surface area contributed by atoms with Gasteiger partial charge in [0.15, 0.2) is 0 Å². The lowest BCUT2D eigenvalue weighted by Gasteiger charge is -1.92. The summed E-state index contributed by atoms with van der Waals surface area (Å²) in [6, 6.07) is 0. The maximum absolute atomic E-state index is 9.66. The Labute approximate surface area is 52.3 Å². The summed E-state index contributed by atoms with van der Waals surface area (Å²) in [5, 5.41) is 9.66. The molecule has 0 aliphatic heterocycles. The van der Waals surface area contributed by atoms with Gasteiger partial charge in [0, 0.05) is 0 Å². The van der Waals surface area contributed by atoms with Gasteiger partial charge in [0.2, 0.25) is 0 Å². The molecule has 0 saturated heterocycles. The van der Waals surface area contributed by atoms with Crippen molar-refractivity contribution in [2.45, 2.75) is 0 Å². The van der Waals surface area contributed by atoms with Gasteiger partial charge in [-0.05, 0) is 0 Å². The number of rotatable bonds is 2. The normalized spacial score (nSPS) is 8.00. The van der Waals surface area contributed by atoms with Crippen molar-refractivity contribution in [3.05, 3.63) is 12.3 Å².